The van der Waals surface area contributed by atoms with E-state index in [9.17, 15) is 14.0 Å². The van der Waals surface area contributed by atoms with Gasteiger partial charge in [0.2, 0.25) is 0 Å². The van der Waals surface area contributed by atoms with Gasteiger partial charge in [-0.25, -0.2) is 9.18 Å². The molecule has 0 fully saturated rings. The summed E-state index contributed by atoms with van der Waals surface area (Å²) in [6.45, 7) is 1.71. The lowest BCUT2D eigenvalue weighted by atomic mass is 10.2. The zero-order chi connectivity index (χ0) is 12.8. The maximum atomic E-state index is 12.6. The van der Waals surface area contributed by atoms with Crippen LogP contribution in [0.3, 0.4) is 0 Å². The molecule has 3 nitrogen and oxygen atoms in total. The molecule has 1 aromatic rings. The molecule has 17 heavy (non-hydrogen) atoms. The van der Waals surface area contributed by atoms with Crippen molar-refractivity contribution >= 4 is 28.4 Å². The van der Waals surface area contributed by atoms with Gasteiger partial charge in [-0.3, -0.25) is 4.79 Å². The fourth-order valence-electron chi connectivity index (χ4n) is 1.07. The molecule has 0 aliphatic heterocycles. The van der Waals surface area contributed by atoms with Crippen LogP contribution in [0.5, 0.6) is 0 Å². The molecule has 90 valence electrons. The number of benzene rings is 1. The molecule has 0 bridgehead atoms. The molecule has 0 saturated heterocycles. The number of hydrogen-bond donors (Lipinski definition) is 0. The van der Waals surface area contributed by atoms with E-state index in [1.165, 1.54) is 24.3 Å². The van der Waals surface area contributed by atoms with Gasteiger partial charge in [-0.05, 0) is 24.6 Å². The Labute approximate surface area is 103 Å². The molecule has 0 heterocycles. The summed E-state index contributed by atoms with van der Waals surface area (Å²) in [6, 6.07) is 5.24. The average molecular weight is 257 g/mol. The largest absolute Gasteiger partial charge is 0.460 e. The van der Waals surface area contributed by atoms with E-state index < -0.39 is 17.6 Å². The number of rotatable bonds is 4. The number of hydrogen-bond acceptors (Lipinski definition) is 3. The van der Waals surface area contributed by atoms with Crippen LogP contribution in [0.25, 0.3) is 5.03 Å². The Hall–Kier alpha value is -1.68. The van der Waals surface area contributed by atoms with Gasteiger partial charge in [-0.1, -0.05) is 23.7 Å². The minimum atomic E-state index is -0.965. The molecule has 0 aliphatic rings. The summed E-state index contributed by atoms with van der Waals surface area (Å²) in [6.07, 6.45) is 0.951. The van der Waals surface area contributed by atoms with E-state index in [2.05, 4.69) is 4.74 Å². The predicted molar refractivity (Wildman–Crippen MR) is 61.9 cm³/mol. The fourth-order valence-corrected chi connectivity index (χ4v) is 1.29. The summed E-state index contributed by atoms with van der Waals surface area (Å²) >= 11 is 5.81. The van der Waals surface area contributed by atoms with Crippen molar-refractivity contribution in [2.45, 2.75) is 6.92 Å². The molecule has 0 radical (unpaired) electrons. The lowest BCUT2D eigenvalue weighted by molar-refractivity contribution is -0.151. The van der Waals surface area contributed by atoms with Crippen LogP contribution in [-0.4, -0.2) is 18.4 Å². The van der Waals surface area contributed by atoms with E-state index in [1.54, 1.807) is 6.92 Å². The second-order valence-corrected chi connectivity index (χ2v) is 3.49. The van der Waals surface area contributed by atoms with Crippen molar-refractivity contribution < 1.29 is 18.7 Å². The Morgan fingerprint density at radius 3 is 2.47 bits per heavy atom. The first-order chi connectivity index (χ1) is 8.04. The van der Waals surface area contributed by atoms with Crippen molar-refractivity contribution in [2.75, 3.05) is 6.61 Å². The topological polar surface area (TPSA) is 43.4 Å². The monoisotopic (exact) mass is 256 g/mol. The number of carbonyl (C=O) groups is 2. The van der Waals surface area contributed by atoms with Crippen LogP contribution >= 0.6 is 11.6 Å². The van der Waals surface area contributed by atoms with Crippen LogP contribution < -0.4 is 0 Å². The van der Waals surface area contributed by atoms with E-state index in [1.807, 2.05) is 0 Å². The first kappa shape index (κ1) is 13.4. The molecule has 5 heteroatoms. The number of ketones is 1. The van der Waals surface area contributed by atoms with E-state index in [-0.39, 0.29) is 11.6 Å². The quantitative estimate of drug-likeness (QED) is 0.472. The smallest absolute Gasteiger partial charge is 0.379 e. The lowest BCUT2D eigenvalue weighted by Gasteiger charge is -1.99. The lowest BCUT2D eigenvalue weighted by Crippen LogP contribution is -2.14. The second-order valence-electron chi connectivity index (χ2n) is 3.08. The van der Waals surface area contributed by atoms with Crippen LogP contribution in [-0.2, 0) is 14.3 Å². The third kappa shape index (κ3) is 4.00. The summed E-state index contributed by atoms with van der Waals surface area (Å²) in [5.74, 6) is -2.22. The summed E-state index contributed by atoms with van der Waals surface area (Å²) < 4.78 is 17.1. The van der Waals surface area contributed by atoms with Crippen molar-refractivity contribution in [1.82, 2.24) is 0 Å². The fraction of sp³-hybridized carbons (Fsp3) is 0.167. The van der Waals surface area contributed by atoms with Gasteiger partial charge in [0.15, 0.2) is 0 Å². The van der Waals surface area contributed by atoms with Crippen molar-refractivity contribution in [1.29, 1.82) is 0 Å². The van der Waals surface area contributed by atoms with Gasteiger partial charge in [0.25, 0.3) is 5.78 Å². The first-order valence-corrected chi connectivity index (χ1v) is 5.26. The van der Waals surface area contributed by atoms with Crippen LogP contribution in [0.4, 0.5) is 4.39 Å². The van der Waals surface area contributed by atoms with Gasteiger partial charge in [0.05, 0.1) is 11.6 Å². The molecule has 0 saturated carbocycles. The van der Waals surface area contributed by atoms with Crippen molar-refractivity contribution in [3.63, 3.8) is 0 Å². The minimum Gasteiger partial charge on any atom is -0.460 e. The first-order valence-electron chi connectivity index (χ1n) is 4.88. The molecule has 0 spiro atoms. The van der Waals surface area contributed by atoms with Crippen molar-refractivity contribution in [3.8, 4) is 0 Å². The second kappa shape index (κ2) is 6.15. The molecule has 1 aromatic carbocycles. The molecular formula is C12H10ClFO3. The third-order valence-electron chi connectivity index (χ3n) is 1.85. The minimum absolute atomic E-state index is 0.0584. The SMILES string of the molecule is CCOC(=O)C(=O)/C=C(\Cl)c1ccc(F)cc1. The molecule has 1 rings (SSSR count). The Kier molecular flexibility index (Phi) is 4.84. The Morgan fingerprint density at radius 2 is 1.94 bits per heavy atom. The van der Waals surface area contributed by atoms with Crippen molar-refractivity contribution in [3.05, 3.63) is 41.7 Å². The van der Waals surface area contributed by atoms with E-state index >= 15 is 0 Å². The zero-order valence-corrected chi connectivity index (χ0v) is 9.83. The number of halogens is 2. The molecule has 0 unspecified atom stereocenters. The molecule has 0 aliphatic carbocycles. The maximum Gasteiger partial charge on any atom is 0.379 e. The van der Waals surface area contributed by atoms with Crippen LogP contribution in [0, 0.1) is 5.82 Å². The Bertz CT molecular complexity index is 451. The predicted octanol–water partition coefficient (Wildman–Crippen LogP) is 2.54. The summed E-state index contributed by atoms with van der Waals surface area (Å²) in [7, 11) is 0. The average Bonchev–Trinajstić information content (AvgIpc) is 2.30. The highest BCUT2D eigenvalue weighted by molar-refractivity contribution is 6.53. The van der Waals surface area contributed by atoms with E-state index in [4.69, 9.17) is 11.6 Å². The van der Waals surface area contributed by atoms with Gasteiger partial charge in [0.1, 0.15) is 5.82 Å². The zero-order valence-electron chi connectivity index (χ0n) is 9.07. The van der Waals surface area contributed by atoms with Gasteiger partial charge in [-0.15, -0.1) is 0 Å². The van der Waals surface area contributed by atoms with Gasteiger partial charge in [0, 0.05) is 6.08 Å². The molecule has 0 N–H and O–H groups in total. The Balaban J connectivity index is 2.82. The summed E-state index contributed by atoms with van der Waals surface area (Å²) in [5, 5.41) is 0.0584. The summed E-state index contributed by atoms with van der Waals surface area (Å²) in [4.78, 5) is 22.3. The van der Waals surface area contributed by atoms with E-state index in [0.29, 0.717) is 5.56 Å². The number of esters is 1. The van der Waals surface area contributed by atoms with Crippen LogP contribution in [0.2, 0.25) is 0 Å². The van der Waals surface area contributed by atoms with Crippen molar-refractivity contribution in [2.24, 2.45) is 0 Å². The maximum absolute atomic E-state index is 12.6. The highest BCUT2D eigenvalue weighted by Crippen LogP contribution is 2.18. The highest BCUT2D eigenvalue weighted by atomic mass is 35.5. The molecule has 0 aromatic heterocycles. The van der Waals surface area contributed by atoms with E-state index in [0.717, 1.165) is 6.08 Å². The highest BCUT2D eigenvalue weighted by Gasteiger charge is 2.13. The third-order valence-corrected chi connectivity index (χ3v) is 2.18. The van der Waals surface area contributed by atoms with Gasteiger partial charge in [-0.2, -0.15) is 0 Å². The summed E-state index contributed by atoms with van der Waals surface area (Å²) in [5.41, 5.74) is 0.450. The molecule has 0 amide bonds. The van der Waals surface area contributed by atoms with Gasteiger partial charge >= 0.3 is 5.97 Å². The van der Waals surface area contributed by atoms with Crippen LogP contribution in [0.15, 0.2) is 30.3 Å². The molecule has 0 atom stereocenters. The number of ether oxygens (including phenoxy) is 1. The standard InChI is InChI=1S/C12H10ClFO3/c1-2-17-12(16)11(15)7-10(13)8-3-5-9(14)6-4-8/h3-7H,2H2,1H3/b10-7-. The molecular weight excluding hydrogens is 247 g/mol. The number of carbonyl (C=O) groups excluding carboxylic acids is 2. The van der Waals surface area contributed by atoms with Crippen LogP contribution in [0.1, 0.15) is 12.5 Å². The van der Waals surface area contributed by atoms with Gasteiger partial charge < -0.3 is 4.74 Å². The Morgan fingerprint density at radius 1 is 1.35 bits per heavy atom. The normalized spacial score (nSPS) is 11.1.